The van der Waals surface area contributed by atoms with Gasteiger partial charge in [0.15, 0.2) is 0 Å². The third kappa shape index (κ3) is 2.26. The number of aromatic nitrogens is 3. The third-order valence-electron chi connectivity index (χ3n) is 2.19. The van der Waals surface area contributed by atoms with E-state index in [1.54, 1.807) is 13.8 Å². The average Bonchev–Trinajstić information content (AvgIpc) is 2.68. The lowest BCUT2D eigenvalue weighted by atomic mass is 10.2. The van der Waals surface area contributed by atoms with Gasteiger partial charge in [-0.25, -0.2) is 4.63 Å². The van der Waals surface area contributed by atoms with Gasteiger partial charge in [0, 0.05) is 6.20 Å². The summed E-state index contributed by atoms with van der Waals surface area (Å²) in [7, 11) is 0. The summed E-state index contributed by atoms with van der Waals surface area (Å²) in [5.41, 5.74) is 1.43. The van der Waals surface area contributed by atoms with Gasteiger partial charge in [-0.2, -0.15) is 0 Å². The van der Waals surface area contributed by atoms with Crippen molar-refractivity contribution < 1.29 is 9.42 Å². The van der Waals surface area contributed by atoms with Crippen LogP contribution in [0.5, 0.6) is 0 Å². The number of halogens is 1. The van der Waals surface area contributed by atoms with E-state index in [2.05, 4.69) is 25.2 Å². The van der Waals surface area contributed by atoms with E-state index in [-0.39, 0.29) is 11.7 Å². The minimum absolute atomic E-state index is 0.278. The van der Waals surface area contributed by atoms with Gasteiger partial charge in [0.1, 0.15) is 5.69 Å². The average molecular weight is 253 g/mol. The van der Waals surface area contributed by atoms with E-state index in [0.29, 0.717) is 22.0 Å². The molecule has 0 spiro atoms. The monoisotopic (exact) mass is 252 g/mol. The second kappa shape index (κ2) is 4.50. The van der Waals surface area contributed by atoms with Gasteiger partial charge >= 0.3 is 0 Å². The Morgan fingerprint density at radius 2 is 2.12 bits per heavy atom. The number of nitrogens with one attached hydrogen (secondary N) is 1. The number of pyridine rings is 1. The Balaban J connectivity index is 2.27. The predicted molar refractivity (Wildman–Crippen MR) is 61.0 cm³/mol. The van der Waals surface area contributed by atoms with Crippen molar-refractivity contribution in [2.45, 2.75) is 13.8 Å². The molecule has 0 saturated heterocycles. The molecule has 0 unspecified atom stereocenters. The molecule has 2 heterocycles. The standard InChI is InChI=1S/C10H9ClN4O2/c1-5-8(11)7(3-4-12-5)10(16)13-9-6(2)14-17-15-9/h3-4H,1-2H3,(H,13,15,16). The molecule has 1 amide bonds. The molecule has 7 heteroatoms. The van der Waals surface area contributed by atoms with Crippen LogP contribution in [0.25, 0.3) is 0 Å². The molecule has 17 heavy (non-hydrogen) atoms. The summed E-state index contributed by atoms with van der Waals surface area (Å²) in [6.07, 6.45) is 1.52. The van der Waals surface area contributed by atoms with Crippen molar-refractivity contribution >= 4 is 23.3 Å². The van der Waals surface area contributed by atoms with Crippen molar-refractivity contribution in [1.29, 1.82) is 0 Å². The molecular weight excluding hydrogens is 244 g/mol. The second-order valence-electron chi connectivity index (χ2n) is 3.41. The zero-order chi connectivity index (χ0) is 12.4. The van der Waals surface area contributed by atoms with Crippen LogP contribution in [0.3, 0.4) is 0 Å². The molecule has 0 saturated carbocycles. The van der Waals surface area contributed by atoms with Crippen LogP contribution in [0.2, 0.25) is 5.02 Å². The van der Waals surface area contributed by atoms with Gasteiger partial charge in [0.25, 0.3) is 5.91 Å². The summed E-state index contributed by atoms with van der Waals surface area (Å²) < 4.78 is 4.48. The maximum atomic E-state index is 11.9. The van der Waals surface area contributed by atoms with Crippen LogP contribution in [0.4, 0.5) is 5.82 Å². The number of rotatable bonds is 2. The Morgan fingerprint density at radius 3 is 2.76 bits per heavy atom. The number of carbonyl (C=O) groups is 1. The number of amides is 1. The number of nitrogens with zero attached hydrogens (tertiary/aromatic N) is 3. The quantitative estimate of drug-likeness (QED) is 0.884. The van der Waals surface area contributed by atoms with E-state index in [4.69, 9.17) is 11.6 Å². The highest BCUT2D eigenvalue weighted by Gasteiger charge is 2.15. The van der Waals surface area contributed by atoms with Gasteiger partial charge in [-0.15, -0.1) is 0 Å². The lowest BCUT2D eigenvalue weighted by Gasteiger charge is -2.05. The molecule has 0 aliphatic rings. The van der Waals surface area contributed by atoms with Gasteiger partial charge in [-0.3, -0.25) is 9.78 Å². The summed E-state index contributed by atoms with van der Waals surface area (Å²) in [6, 6.07) is 1.54. The Hall–Kier alpha value is -1.95. The minimum Gasteiger partial charge on any atom is -0.302 e. The van der Waals surface area contributed by atoms with Crippen LogP contribution >= 0.6 is 11.6 Å². The fourth-order valence-corrected chi connectivity index (χ4v) is 1.44. The highest BCUT2D eigenvalue weighted by atomic mass is 35.5. The maximum Gasteiger partial charge on any atom is 0.258 e. The van der Waals surface area contributed by atoms with E-state index in [0.717, 1.165) is 0 Å². The van der Waals surface area contributed by atoms with Gasteiger partial charge < -0.3 is 5.32 Å². The fourth-order valence-electron chi connectivity index (χ4n) is 1.24. The maximum absolute atomic E-state index is 11.9. The molecule has 0 atom stereocenters. The number of carbonyl (C=O) groups excluding carboxylic acids is 1. The van der Waals surface area contributed by atoms with Gasteiger partial charge in [0.2, 0.25) is 5.82 Å². The molecule has 0 fully saturated rings. The summed E-state index contributed by atoms with van der Waals surface area (Å²) in [5.74, 6) is -0.0974. The Kier molecular flexibility index (Phi) is 3.06. The first kappa shape index (κ1) is 11.5. The molecule has 6 nitrogen and oxygen atoms in total. The molecule has 0 radical (unpaired) electrons. The van der Waals surface area contributed by atoms with Crippen molar-refractivity contribution in [3.63, 3.8) is 0 Å². The van der Waals surface area contributed by atoms with Crippen LogP contribution in [-0.4, -0.2) is 21.2 Å². The van der Waals surface area contributed by atoms with E-state index < -0.39 is 0 Å². The van der Waals surface area contributed by atoms with Crippen LogP contribution in [0, 0.1) is 13.8 Å². The normalized spacial score (nSPS) is 10.3. The van der Waals surface area contributed by atoms with E-state index in [1.807, 2.05) is 0 Å². The summed E-state index contributed by atoms with van der Waals surface area (Å²) in [4.78, 5) is 15.9. The summed E-state index contributed by atoms with van der Waals surface area (Å²) >= 11 is 5.99. The smallest absolute Gasteiger partial charge is 0.258 e. The molecule has 0 bridgehead atoms. The summed E-state index contributed by atoms with van der Waals surface area (Å²) in [5, 5.41) is 9.99. The first-order valence-electron chi connectivity index (χ1n) is 4.81. The number of anilines is 1. The van der Waals surface area contributed by atoms with Crippen LogP contribution in [0.1, 0.15) is 21.7 Å². The molecule has 0 aliphatic carbocycles. The van der Waals surface area contributed by atoms with Crippen molar-refractivity contribution in [2.24, 2.45) is 0 Å². The van der Waals surface area contributed by atoms with Gasteiger partial charge in [0.05, 0.1) is 16.3 Å². The van der Waals surface area contributed by atoms with Crippen molar-refractivity contribution in [3.8, 4) is 0 Å². The molecule has 2 rings (SSSR count). The Morgan fingerprint density at radius 1 is 1.35 bits per heavy atom. The number of hydrogen-bond acceptors (Lipinski definition) is 5. The van der Waals surface area contributed by atoms with Crippen molar-refractivity contribution in [1.82, 2.24) is 15.3 Å². The number of aryl methyl sites for hydroxylation is 2. The fraction of sp³-hybridized carbons (Fsp3) is 0.200. The largest absolute Gasteiger partial charge is 0.302 e. The minimum atomic E-state index is -0.376. The first-order chi connectivity index (χ1) is 8.09. The van der Waals surface area contributed by atoms with E-state index in [1.165, 1.54) is 12.3 Å². The Labute approximate surface area is 102 Å². The second-order valence-corrected chi connectivity index (χ2v) is 3.79. The molecule has 0 aliphatic heterocycles. The zero-order valence-electron chi connectivity index (χ0n) is 9.19. The SMILES string of the molecule is Cc1nonc1NC(=O)c1ccnc(C)c1Cl. The summed E-state index contributed by atoms with van der Waals surface area (Å²) in [6.45, 7) is 3.40. The van der Waals surface area contributed by atoms with E-state index >= 15 is 0 Å². The Bertz CT molecular complexity index is 567. The van der Waals surface area contributed by atoms with Crippen LogP contribution in [-0.2, 0) is 0 Å². The molecule has 0 aromatic carbocycles. The topological polar surface area (TPSA) is 80.9 Å². The predicted octanol–water partition coefficient (Wildman–Crippen LogP) is 1.99. The van der Waals surface area contributed by atoms with Crippen molar-refractivity contribution in [2.75, 3.05) is 5.32 Å². The molecule has 2 aromatic rings. The van der Waals surface area contributed by atoms with Crippen molar-refractivity contribution in [3.05, 3.63) is 34.2 Å². The highest BCUT2D eigenvalue weighted by Crippen LogP contribution is 2.19. The molecule has 88 valence electrons. The number of hydrogen-bond donors (Lipinski definition) is 1. The molecule has 2 aromatic heterocycles. The third-order valence-corrected chi connectivity index (χ3v) is 2.67. The van der Waals surface area contributed by atoms with Gasteiger partial charge in [-0.05, 0) is 25.1 Å². The first-order valence-corrected chi connectivity index (χ1v) is 5.19. The molecule has 1 N–H and O–H groups in total. The highest BCUT2D eigenvalue weighted by molar-refractivity contribution is 6.35. The lowest BCUT2D eigenvalue weighted by Crippen LogP contribution is -2.14. The van der Waals surface area contributed by atoms with Gasteiger partial charge in [-0.1, -0.05) is 16.8 Å². The van der Waals surface area contributed by atoms with Crippen LogP contribution < -0.4 is 5.32 Å². The lowest BCUT2D eigenvalue weighted by molar-refractivity contribution is 0.102. The van der Waals surface area contributed by atoms with E-state index in [9.17, 15) is 4.79 Å². The zero-order valence-corrected chi connectivity index (χ0v) is 9.95. The molecular formula is C10H9ClN4O2. The van der Waals surface area contributed by atoms with Crippen LogP contribution in [0.15, 0.2) is 16.9 Å².